The molecule has 174 valence electrons. The lowest BCUT2D eigenvalue weighted by molar-refractivity contribution is -0.138. The number of aromatic amines is 1. The van der Waals surface area contributed by atoms with Gasteiger partial charge in [-0.1, -0.05) is 18.2 Å². The molecular weight excluding hydrogens is 449 g/mol. The lowest BCUT2D eigenvalue weighted by Crippen LogP contribution is -2.18. The van der Waals surface area contributed by atoms with Gasteiger partial charge in [0.1, 0.15) is 17.2 Å². The molecule has 0 bridgehead atoms. The molecule has 4 rings (SSSR count). The minimum atomic E-state index is -4.46. The van der Waals surface area contributed by atoms with Crippen LogP contribution in [0, 0.1) is 6.92 Å². The Morgan fingerprint density at radius 3 is 2.62 bits per heavy atom. The number of aryl methyl sites for hydroxylation is 1. The number of rotatable bonds is 6. The van der Waals surface area contributed by atoms with Gasteiger partial charge in [0.25, 0.3) is 5.91 Å². The van der Waals surface area contributed by atoms with E-state index in [2.05, 4.69) is 30.8 Å². The van der Waals surface area contributed by atoms with Gasteiger partial charge in [-0.3, -0.25) is 14.9 Å². The minimum absolute atomic E-state index is 0.114. The molecule has 0 atom stereocenters. The highest BCUT2D eigenvalue weighted by Crippen LogP contribution is 2.34. The molecule has 4 aromatic rings. The summed E-state index contributed by atoms with van der Waals surface area (Å²) in [6.07, 6.45) is -2.99. The second-order valence-electron chi connectivity index (χ2n) is 7.25. The third-order valence-corrected chi connectivity index (χ3v) is 4.82. The number of carbonyl (C=O) groups excluding carboxylic acids is 1. The van der Waals surface area contributed by atoms with Crippen LogP contribution in [-0.2, 0) is 6.18 Å². The number of nitrogens with zero attached hydrogens (tertiary/aromatic N) is 3. The number of anilines is 2. The maximum Gasteiger partial charge on any atom is 0.416 e. The molecule has 0 saturated carbocycles. The molecule has 1 amide bonds. The number of hydrogen-bond acceptors (Lipinski definition) is 6. The fourth-order valence-electron chi connectivity index (χ4n) is 3.15. The van der Waals surface area contributed by atoms with Crippen molar-refractivity contribution < 1.29 is 22.7 Å². The number of halogens is 3. The first-order valence-corrected chi connectivity index (χ1v) is 10.1. The molecule has 8 nitrogen and oxygen atoms in total. The number of amides is 1. The quantitative estimate of drug-likeness (QED) is 0.364. The molecule has 11 heteroatoms. The predicted octanol–water partition coefficient (Wildman–Crippen LogP) is 5.09. The lowest BCUT2D eigenvalue weighted by atomic mass is 10.1. The SMILES string of the molecule is CNC(=O)c1cc(Oc2cccc(-c3nc(Nc4ccc(C)c(C(F)(F)F)c4)n[nH]3)c2)ccn1. The number of alkyl halides is 3. The summed E-state index contributed by atoms with van der Waals surface area (Å²) in [6.45, 7) is 1.40. The Morgan fingerprint density at radius 2 is 1.85 bits per heavy atom. The van der Waals surface area contributed by atoms with Crippen molar-refractivity contribution in [3.05, 3.63) is 77.6 Å². The molecule has 0 aliphatic heterocycles. The smallest absolute Gasteiger partial charge is 0.416 e. The Kier molecular flexibility index (Phi) is 6.17. The topological polar surface area (TPSA) is 105 Å². The van der Waals surface area contributed by atoms with Gasteiger partial charge in [0, 0.05) is 30.6 Å². The van der Waals surface area contributed by atoms with Gasteiger partial charge < -0.3 is 15.4 Å². The summed E-state index contributed by atoms with van der Waals surface area (Å²) in [5.41, 5.74) is 0.464. The van der Waals surface area contributed by atoms with Crippen LogP contribution in [0.1, 0.15) is 21.6 Å². The Hall–Kier alpha value is -4.41. The first kappa shape index (κ1) is 22.8. The van der Waals surface area contributed by atoms with Crippen molar-refractivity contribution in [3.63, 3.8) is 0 Å². The van der Waals surface area contributed by atoms with Crippen molar-refractivity contribution in [1.29, 1.82) is 0 Å². The zero-order valence-corrected chi connectivity index (χ0v) is 18.1. The number of pyridine rings is 1. The van der Waals surface area contributed by atoms with Gasteiger partial charge in [-0.05, 0) is 42.8 Å². The van der Waals surface area contributed by atoms with Crippen molar-refractivity contribution in [3.8, 4) is 22.9 Å². The third kappa shape index (κ3) is 5.14. The molecular formula is C23H19F3N6O2. The minimum Gasteiger partial charge on any atom is -0.457 e. The van der Waals surface area contributed by atoms with Crippen LogP contribution in [0.15, 0.2) is 60.8 Å². The van der Waals surface area contributed by atoms with Crippen LogP contribution >= 0.6 is 0 Å². The Bertz CT molecular complexity index is 1340. The molecule has 0 unspecified atom stereocenters. The first-order valence-electron chi connectivity index (χ1n) is 10.1. The second kappa shape index (κ2) is 9.22. The fraction of sp³-hybridized carbons (Fsp3) is 0.130. The molecule has 0 radical (unpaired) electrons. The maximum absolute atomic E-state index is 13.2. The zero-order chi connectivity index (χ0) is 24.3. The first-order chi connectivity index (χ1) is 16.2. The van der Waals surface area contributed by atoms with Gasteiger partial charge in [0.05, 0.1) is 5.56 Å². The number of ether oxygens (including phenoxy) is 1. The molecule has 3 N–H and O–H groups in total. The normalized spacial score (nSPS) is 11.2. The van der Waals surface area contributed by atoms with Crippen molar-refractivity contribution in [2.24, 2.45) is 0 Å². The molecule has 2 aromatic carbocycles. The Morgan fingerprint density at radius 1 is 1.06 bits per heavy atom. The fourth-order valence-corrected chi connectivity index (χ4v) is 3.15. The largest absolute Gasteiger partial charge is 0.457 e. The number of nitrogens with one attached hydrogen (secondary N) is 3. The zero-order valence-electron chi connectivity index (χ0n) is 18.1. The standard InChI is InChI=1S/C23H19F3N6O2/c1-13-6-7-15(11-18(13)23(24,25)26)29-22-30-20(31-32-22)14-4-3-5-16(10-14)34-17-8-9-28-19(12-17)21(33)27-2/h3-12H,1-2H3,(H,27,33)(H2,29,30,31,32). The highest BCUT2D eigenvalue weighted by atomic mass is 19.4. The molecule has 2 heterocycles. The van der Waals surface area contributed by atoms with Crippen LogP contribution in [0.5, 0.6) is 11.5 Å². The number of carbonyl (C=O) groups is 1. The van der Waals surface area contributed by atoms with E-state index in [1.807, 2.05) is 0 Å². The van der Waals surface area contributed by atoms with Crippen LogP contribution in [0.25, 0.3) is 11.4 Å². The highest BCUT2D eigenvalue weighted by Gasteiger charge is 2.32. The molecule has 0 aliphatic carbocycles. The number of H-pyrrole nitrogens is 1. The number of hydrogen-bond donors (Lipinski definition) is 3. The van der Waals surface area contributed by atoms with E-state index in [-0.39, 0.29) is 28.8 Å². The molecule has 0 fully saturated rings. The summed E-state index contributed by atoms with van der Waals surface area (Å²) in [5.74, 6) is 1.06. The summed E-state index contributed by atoms with van der Waals surface area (Å²) in [5, 5.41) is 12.1. The van der Waals surface area contributed by atoms with Crippen LogP contribution in [0.4, 0.5) is 24.8 Å². The Labute approximate surface area is 192 Å². The van der Waals surface area contributed by atoms with Crippen LogP contribution in [0.2, 0.25) is 0 Å². The highest BCUT2D eigenvalue weighted by molar-refractivity contribution is 5.92. The van der Waals surface area contributed by atoms with E-state index in [0.717, 1.165) is 6.07 Å². The van der Waals surface area contributed by atoms with Gasteiger partial charge in [0.15, 0.2) is 5.82 Å². The van der Waals surface area contributed by atoms with Crippen LogP contribution < -0.4 is 15.4 Å². The van der Waals surface area contributed by atoms with Crippen molar-refractivity contribution in [2.45, 2.75) is 13.1 Å². The van der Waals surface area contributed by atoms with Gasteiger partial charge in [-0.15, -0.1) is 5.10 Å². The van der Waals surface area contributed by atoms with Gasteiger partial charge in [-0.2, -0.15) is 18.2 Å². The van der Waals surface area contributed by atoms with Crippen molar-refractivity contribution >= 4 is 17.5 Å². The number of benzene rings is 2. The molecule has 34 heavy (non-hydrogen) atoms. The van der Waals surface area contributed by atoms with E-state index < -0.39 is 11.7 Å². The summed E-state index contributed by atoms with van der Waals surface area (Å²) in [6, 6.07) is 14.0. The van der Waals surface area contributed by atoms with E-state index in [1.54, 1.807) is 30.3 Å². The van der Waals surface area contributed by atoms with Gasteiger partial charge in [-0.25, -0.2) is 0 Å². The van der Waals surface area contributed by atoms with E-state index >= 15 is 0 Å². The summed E-state index contributed by atoms with van der Waals surface area (Å²) in [7, 11) is 1.51. The lowest BCUT2D eigenvalue weighted by Gasteiger charge is -2.12. The predicted molar refractivity (Wildman–Crippen MR) is 119 cm³/mol. The summed E-state index contributed by atoms with van der Waals surface area (Å²) in [4.78, 5) is 20.1. The monoisotopic (exact) mass is 468 g/mol. The van der Waals surface area contributed by atoms with E-state index in [4.69, 9.17) is 4.74 Å². The third-order valence-electron chi connectivity index (χ3n) is 4.82. The van der Waals surface area contributed by atoms with Crippen molar-refractivity contribution in [2.75, 3.05) is 12.4 Å². The molecule has 0 saturated heterocycles. The number of aromatic nitrogens is 4. The van der Waals surface area contributed by atoms with Gasteiger partial charge in [0.2, 0.25) is 5.95 Å². The molecule has 0 spiro atoms. The molecule has 2 aromatic heterocycles. The van der Waals surface area contributed by atoms with Crippen molar-refractivity contribution in [1.82, 2.24) is 25.5 Å². The van der Waals surface area contributed by atoms with E-state index in [1.165, 1.54) is 38.4 Å². The van der Waals surface area contributed by atoms with Crippen LogP contribution in [-0.4, -0.2) is 33.1 Å². The van der Waals surface area contributed by atoms with E-state index in [9.17, 15) is 18.0 Å². The van der Waals surface area contributed by atoms with E-state index in [0.29, 0.717) is 22.9 Å². The molecule has 0 aliphatic rings. The average molecular weight is 468 g/mol. The second-order valence-corrected chi connectivity index (χ2v) is 7.25. The maximum atomic E-state index is 13.2. The average Bonchev–Trinajstić information content (AvgIpc) is 3.28. The summed E-state index contributed by atoms with van der Waals surface area (Å²) >= 11 is 0. The van der Waals surface area contributed by atoms with Crippen LogP contribution in [0.3, 0.4) is 0 Å². The summed E-state index contributed by atoms with van der Waals surface area (Å²) < 4.78 is 45.3. The Balaban J connectivity index is 1.52. The van der Waals surface area contributed by atoms with Gasteiger partial charge >= 0.3 is 6.18 Å².